The molecular weight excluding hydrogens is 628 g/mol. The Balaban J connectivity index is 0.000000111. The van der Waals surface area contributed by atoms with Gasteiger partial charge < -0.3 is 28.1 Å². The van der Waals surface area contributed by atoms with Crippen molar-refractivity contribution in [3.8, 4) is 0 Å². The summed E-state index contributed by atoms with van der Waals surface area (Å²) in [5.74, 6) is 0.00815. The number of carbonyl (C=O) groups is 6. The third-order valence-corrected chi connectivity index (χ3v) is 12.4. The summed E-state index contributed by atoms with van der Waals surface area (Å²) < 4.78 is 29.7. The van der Waals surface area contributed by atoms with Crippen LogP contribution < -0.4 is 0 Å². The van der Waals surface area contributed by atoms with E-state index in [4.69, 9.17) is 18.9 Å². The summed E-state index contributed by atoms with van der Waals surface area (Å²) in [5, 5.41) is 0. The highest BCUT2D eigenvalue weighted by Gasteiger charge is 2.82. The van der Waals surface area contributed by atoms with Crippen molar-refractivity contribution < 1.29 is 56.9 Å². The number of furan rings is 1. The van der Waals surface area contributed by atoms with Gasteiger partial charge in [0.25, 0.3) is 0 Å². The molecule has 0 saturated carbocycles. The van der Waals surface area contributed by atoms with E-state index in [0.717, 1.165) is 0 Å². The lowest BCUT2D eigenvalue weighted by Crippen LogP contribution is -2.50. The van der Waals surface area contributed by atoms with E-state index in [1.165, 1.54) is 0 Å². The van der Waals surface area contributed by atoms with E-state index in [9.17, 15) is 28.8 Å². The molecule has 0 N–H and O–H groups in total. The molecule has 45 heavy (non-hydrogen) atoms. The minimum Gasteiger partial charge on any atom is -0.473 e. The van der Waals surface area contributed by atoms with Crippen molar-refractivity contribution >= 4 is 59.3 Å². The van der Waals surface area contributed by atoms with E-state index < -0.39 is 45.5 Å². The van der Waals surface area contributed by atoms with Gasteiger partial charge >= 0.3 is 35.8 Å². The molecular formula is C31H30O12S2. The van der Waals surface area contributed by atoms with E-state index in [-0.39, 0.29) is 43.8 Å². The van der Waals surface area contributed by atoms with Crippen LogP contribution in [-0.4, -0.2) is 83.2 Å². The lowest BCUT2D eigenvalue weighted by molar-refractivity contribution is -0.161. The standard InChI is InChI=1S/C10H8O4S.C10H10O4.C6H4O3S.C4H4O.CH4/c11-7-9-3-15-4-10(9,8(12)14-7)6-2-1-5(9)13-6;1-9-5-3-4-6(13-5)10(9,2)8(12)14-7(9)11;7-5-3-1-10-2-4(3)6(8)9-5;1-2-4-5-3-1;/h1-2,5-6H,3-4H2;3-6H,1-2H3;1-2H2;1-4H;1H4/t2*5-,6+,9+,10-;;;. The molecule has 1 aromatic heterocycles. The molecule has 8 atom stereocenters. The number of hydrogen-bond acceptors (Lipinski definition) is 14. The Morgan fingerprint density at radius 3 is 1.47 bits per heavy atom. The third-order valence-electron chi connectivity index (χ3n) is 10.1. The summed E-state index contributed by atoms with van der Waals surface area (Å²) in [5.41, 5.74) is -1.93. The molecule has 1 aromatic rings. The Morgan fingerprint density at radius 2 is 1.02 bits per heavy atom. The third kappa shape index (κ3) is 3.95. The van der Waals surface area contributed by atoms with E-state index in [1.54, 1.807) is 49.9 Å². The van der Waals surface area contributed by atoms with Crippen LogP contribution in [0, 0.1) is 21.7 Å². The van der Waals surface area contributed by atoms with E-state index in [1.807, 2.05) is 36.4 Å². The second-order valence-electron chi connectivity index (χ2n) is 11.8. The molecule has 0 spiro atoms. The van der Waals surface area contributed by atoms with Gasteiger partial charge in [0.2, 0.25) is 0 Å². The van der Waals surface area contributed by atoms with Crippen LogP contribution in [0.15, 0.2) is 64.5 Å². The molecule has 0 unspecified atom stereocenters. The van der Waals surface area contributed by atoms with Gasteiger partial charge in [0.15, 0.2) is 0 Å². The summed E-state index contributed by atoms with van der Waals surface area (Å²) in [6, 6.07) is 3.67. The number of thioether (sulfide) groups is 2. The molecule has 9 aliphatic rings. The highest BCUT2D eigenvalue weighted by molar-refractivity contribution is 8.00. The zero-order chi connectivity index (χ0) is 31.1. The Kier molecular flexibility index (Phi) is 7.58. The van der Waals surface area contributed by atoms with Gasteiger partial charge in [-0.1, -0.05) is 31.7 Å². The summed E-state index contributed by atoms with van der Waals surface area (Å²) in [7, 11) is 0. The van der Waals surface area contributed by atoms with Gasteiger partial charge in [-0.25, -0.2) is 9.59 Å². The van der Waals surface area contributed by atoms with Crippen molar-refractivity contribution in [2.45, 2.75) is 45.7 Å². The smallest absolute Gasteiger partial charge is 0.343 e. The quantitative estimate of drug-likeness (QED) is 0.173. The van der Waals surface area contributed by atoms with Crippen molar-refractivity contribution in [2.75, 3.05) is 23.0 Å². The molecule has 5 saturated heterocycles. The number of esters is 6. The number of ether oxygens (including phenoxy) is 5. The number of rotatable bonds is 0. The van der Waals surface area contributed by atoms with Crippen LogP contribution in [0.25, 0.3) is 0 Å². The van der Waals surface area contributed by atoms with Gasteiger partial charge in [-0.3, -0.25) is 19.2 Å². The lowest BCUT2D eigenvalue weighted by Gasteiger charge is -2.31. The van der Waals surface area contributed by atoms with Crippen molar-refractivity contribution in [3.05, 3.63) is 60.1 Å². The fourth-order valence-corrected chi connectivity index (χ4v) is 10.1. The zero-order valence-corrected chi connectivity index (χ0v) is 25.1. The molecule has 5 fully saturated rings. The summed E-state index contributed by atoms with van der Waals surface area (Å²) in [6.45, 7) is 3.49. The Labute approximate surface area is 266 Å². The molecule has 0 radical (unpaired) electrons. The molecule has 10 rings (SSSR count). The van der Waals surface area contributed by atoms with Gasteiger partial charge in [-0.15, -0.1) is 0 Å². The number of fused-ring (bicyclic) bond motifs is 7. The topological polar surface area (TPSA) is 162 Å². The Hall–Kier alpha value is -3.46. The fourth-order valence-electron chi connectivity index (χ4n) is 7.17. The maximum Gasteiger partial charge on any atom is 0.343 e. The van der Waals surface area contributed by atoms with Crippen LogP contribution >= 0.6 is 23.5 Å². The van der Waals surface area contributed by atoms with Crippen molar-refractivity contribution in [2.24, 2.45) is 21.7 Å². The first-order chi connectivity index (χ1) is 21.0. The summed E-state index contributed by atoms with van der Waals surface area (Å²) >= 11 is 3.23. The van der Waals surface area contributed by atoms with Gasteiger partial charge in [0.05, 0.1) is 48.1 Å². The molecule has 0 aliphatic carbocycles. The normalized spacial score (nSPS) is 41.1. The van der Waals surface area contributed by atoms with Gasteiger partial charge in [-0.2, -0.15) is 23.5 Å². The maximum absolute atomic E-state index is 11.9. The molecule has 0 aromatic carbocycles. The van der Waals surface area contributed by atoms with Crippen LogP contribution in [0.3, 0.4) is 0 Å². The molecule has 0 amide bonds. The largest absolute Gasteiger partial charge is 0.473 e. The molecule has 14 heteroatoms. The first-order valence-corrected chi connectivity index (χ1v) is 16.1. The monoisotopic (exact) mass is 658 g/mol. The summed E-state index contributed by atoms with van der Waals surface area (Å²) in [6.07, 6.45) is 9.60. The lowest BCUT2D eigenvalue weighted by atomic mass is 9.61. The number of hydrogen-bond donors (Lipinski definition) is 0. The van der Waals surface area contributed by atoms with Gasteiger partial charge in [0.1, 0.15) is 21.7 Å². The van der Waals surface area contributed by atoms with Gasteiger partial charge in [0, 0.05) is 23.0 Å². The molecule has 4 bridgehead atoms. The molecule has 10 heterocycles. The van der Waals surface area contributed by atoms with E-state index in [0.29, 0.717) is 34.2 Å². The van der Waals surface area contributed by atoms with Crippen LogP contribution in [0.1, 0.15) is 21.3 Å². The van der Waals surface area contributed by atoms with Crippen molar-refractivity contribution in [3.63, 3.8) is 0 Å². The predicted octanol–water partition coefficient (Wildman–Crippen LogP) is 2.58. The Bertz CT molecular complexity index is 1480. The average Bonchev–Trinajstić information content (AvgIpc) is 3.85. The first kappa shape index (κ1) is 31.5. The van der Waals surface area contributed by atoms with Crippen LogP contribution in [0.4, 0.5) is 0 Å². The van der Waals surface area contributed by atoms with Crippen molar-refractivity contribution in [1.29, 1.82) is 0 Å². The van der Waals surface area contributed by atoms with E-state index in [2.05, 4.69) is 9.15 Å². The van der Waals surface area contributed by atoms with E-state index >= 15 is 0 Å². The predicted molar refractivity (Wildman–Crippen MR) is 157 cm³/mol. The fraction of sp³-hybridized carbons (Fsp3) is 0.484. The van der Waals surface area contributed by atoms with Crippen molar-refractivity contribution in [1.82, 2.24) is 0 Å². The molecule has 9 aliphatic heterocycles. The summed E-state index contributed by atoms with van der Waals surface area (Å²) in [4.78, 5) is 68.5. The molecule has 238 valence electrons. The van der Waals surface area contributed by atoms with Crippen LogP contribution in [-0.2, 0) is 52.5 Å². The second kappa shape index (κ2) is 10.8. The zero-order valence-electron chi connectivity index (χ0n) is 23.5. The van der Waals surface area contributed by atoms with Crippen LogP contribution in [0.2, 0.25) is 0 Å². The minimum atomic E-state index is -0.830. The minimum absolute atomic E-state index is 0. The SMILES string of the molecule is C.C[C@@]12C(=O)OC(=O)[C@]1(C)[C@H]1C=C[C@@H]2O1.O=C1OC(=O)C2=C1CSC2.O=C1OC(=O)[C@@]23CSC[C@@]12[C@@H]1C=C[C@H]3O1.c1ccoc1. The Morgan fingerprint density at radius 1 is 0.600 bits per heavy atom. The first-order valence-electron chi connectivity index (χ1n) is 13.8. The highest BCUT2D eigenvalue weighted by Crippen LogP contribution is 2.67. The average molecular weight is 659 g/mol. The van der Waals surface area contributed by atoms with Crippen LogP contribution in [0.5, 0.6) is 0 Å². The van der Waals surface area contributed by atoms with Gasteiger partial charge in [-0.05, 0) is 26.0 Å². The number of carbonyl (C=O) groups excluding carboxylic acids is 6. The molecule has 12 nitrogen and oxygen atoms in total. The maximum atomic E-state index is 11.9. The second-order valence-corrected chi connectivity index (χ2v) is 13.8. The number of cyclic esters (lactones) is 6. The highest BCUT2D eigenvalue weighted by atomic mass is 32.2.